The van der Waals surface area contributed by atoms with E-state index in [2.05, 4.69) is 20.0 Å². The van der Waals surface area contributed by atoms with Crippen LogP contribution in [0.3, 0.4) is 0 Å². The van der Waals surface area contributed by atoms with Gasteiger partial charge in [0.05, 0.1) is 15.5 Å². The van der Waals surface area contributed by atoms with Gasteiger partial charge in [-0.3, -0.25) is 4.79 Å². The number of nitrogens with one attached hydrogen (secondary N) is 2. The Morgan fingerprint density at radius 2 is 1.66 bits per heavy atom. The Morgan fingerprint density at radius 1 is 1.03 bits per heavy atom. The maximum Gasteiger partial charge on any atom is 0.264 e. The van der Waals surface area contributed by atoms with Crippen molar-refractivity contribution in [1.82, 2.24) is 9.97 Å². The van der Waals surface area contributed by atoms with E-state index in [1.165, 1.54) is 36.4 Å². The average molecular weight is 435 g/mol. The topological polar surface area (TPSA) is 101 Å². The molecule has 150 valence electrons. The van der Waals surface area contributed by atoms with Crippen LogP contribution in [0.25, 0.3) is 0 Å². The highest BCUT2D eigenvalue weighted by atomic mass is 35.5. The van der Waals surface area contributed by atoms with Gasteiger partial charge < -0.3 is 5.32 Å². The summed E-state index contributed by atoms with van der Waals surface area (Å²) in [5.41, 5.74) is 1.23. The molecule has 0 radical (unpaired) electrons. The molecule has 3 rings (SSSR count). The second kappa shape index (κ2) is 8.14. The fourth-order valence-electron chi connectivity index (χ4n) is 2.58. The van der Waals surface area contributed by atoms with Crippen LogP contribution in [0.1, 0.15) is 21.7 Å². The molecule has 1 heterocycles. The Labute approximate surface area is 172 Å². The molecule has 0 saturated heterocycles. The van der Waals surface area contributed by atoms with Crippen LogP contribution < -0.4 is 10.0 Å². The van der Waals surface area contributed by atoms with Gasteiger partial charge in [0.2, 0.25) is 5.95 Å². The van der Waals surface area contributed by atoms with Crippen LogP contribution in [0.5, 0.6) is 0 Å². The summed E-state index contributed by atoms with van der Waals surface area (Å²) in [5.74, 6) is -1.54. The summed E-state index contributed by atoms with van der Waals surface area (Å²) in [6, 6.07) is 11.0. The van der Waals surface area contributed by atoms with E-state index in [9.17, 15) is 17.6 Å². The summed E-state index contributed by atoms with van der Waals surface area (Å²) in [6.07, 6.45) is 0. The van der Waals surface area contributed by atoms with E-state index in [-0.39, 0.29) is 27.1 Å². The fraction of sp³-hybridized carbons (Fsp3) is 0.105. The van der Waals surface area contributed by atoms with Gasteiger partial charge in [0.1, 0.15) is 5.82 Å². The number of hydrogen-bond donors (Lipinski definition) is 2. The van der Waals surface area contributed by atoms with Gasteiger partial charge in [0.15, 0.2) is 0 Å². The minimum absolute atomic E-state index is 0.0284. The highest BCUT2D eigenvalue weighted by Gasteiger charge is 2.18. The Bertz CT molecular complexity index is 1140. The first-order valence-electron chi connectivity index (χ1n) is 8.36. The van der Waals surface area contributed by atoms with Crippen LogP contribution in [-0.2, 0) is 10.0 Å². The summed E-state index contributed by atoms with van der Waals surface area (Å²) < 4.78 is 41.2. The molecule has 2 aromatic carbocycles. The van der Waals surface area contributed by atoms with E-state index < -0.39 is 21.7 Å². The van der Waals surface area contributed by atoms with Crippen molar-refractivity contribution in [3.8, 4) is 0 Å². The SMILES string of the molecule is Cc1cc(C)nc(NS(=O)(=O)c2ccc(NC(=O)c3c(F)cccc3Cl)cc2)n1. The van der Waals surface area contributed by atoms with E-state index in [4.69, 9.17) is 11.6 Å². The molecule has 0 saturated carbocycles. The van der Waals surface area contributed by atoms with Gasteiger partial charge in [-0.2, -0.15) is 0 Å². The van der Waals surface area contributed by atoms with Crippen LogP contribution in [0.4, 0.5) is 16.0 Å². The minimum atomic E-state index is -3.93. The molecular formula is C19H16ClFN4O3S. The Kier molecular flexibility index (Phi) is 5.81. The molecule has 0 aliphatic heterocycles. The van der Waals surface area contributed by atoms with Crippen molar-refractivity contribution in [2.45, 2.75) is 18.7 Å². The van der Waals surface area contributed by atoms with Crippen molar-refractivity contribution < 1.29 is 17.6 Å². The lowest BCUT2D eigenvalue weighted by atomic mass is 10.2. The minimum Gasteiger partial charge on any atom is -0.322 e. The number of amides is 1. The Hall–Kier alpha value is -3.04. The van der Waals surface area contributed by atoms with Gasteiger partial charge in [0, 0.05) is 17.1 Å². The molecule has 2 N–H and O–H groups in total. The highest BCUT2D eigenvalue weighted by Crippen LogP contribution is 2.22. The lowest BCUT2D eigenvalue weighted by Gasteiger charge is -2.10. The van der Waals surface area contributed by atoms with Crippen molar-refractivity contribution in [3.05, 3.63) is 76.3 Å². The quantitative estimate of drug-likeness (QED) is 0.633. The fourth-order valence-corrected chi connectivity index (χ4v) is 3.77. The number of rotatable bonds is 5. The van der Waals surface area contributed by atoms with Gasteiger partial charge in [0.25, 0.3) is 15.9 Å². The predicted octanol–water partition coefficient (Wildman–Crippen LogP) is 3.94. The normalized spacial score (nSPS) is 11.2. The molecular weight excluding hydrogens is 419 g/mol. The standard InChI is InChI=1S/C19H16ClFN4O3S/c1-11-10-12(2)23-19(22-11)25-29(27,28)14-8-6-13(7-9-14)24-18(26)17-15(20)4-3-5-16(17)21/h3-10H,1-2H3,(H,24,26)(H,22,23,25). The lowest BCUT2D eigenvalue weighted by Crippen LogP contribution is -2.16. The number of nitrogens with zero attached hydrogens (tertiary/aromatic N) is 2. The van der Waals surface area contributed by atoms with Gasteiger partial charge >= 0.3 is 0 Å². The third-order valence-corrected chi connectivity index (χ3v) is 5.48. The van der Waals surface area contributed by atoms with Gasteiger partial charge in [-0.15, -0.1) is 0 Å². The largest absolute Gasteiger partial charge is 0.322 e. The molecule has 3 aromatic rings. The molecule has 0 unspecified atom stereocenters. The Morgan fingerprint density at radius 3 is 2.24 bits per heavy atom. The number of carbonyl (C=O) groups excluding carboxylic acids is 1. The number of aryl methyl sites for hydroxylation is 2. The summed E-state index contributed by atoms with van der Waals surface area (Å²) in [7, 11) is -3.93. The van der Waals surface area contributed by atoms with Crippen molar-refractivity contribution in [1.29, 1.82) is 0 Å². The van der Waals surface area contributed by atoms with E-state index >= 15 is 0 Å². The van der Waals surface area contributed by atoms with Gasteiger partial charge in [-0.25, -0.2) is 27.5 Å². The summed E-state index contributed by atoms with van der Waals surface area (Å²) >= 11 is 5.87. The summed E-state index contributed by atoms with van der Waals surface area (Å²) in [6.45, 7) is 3.46. The molecule has 1 amide bonds. The molecule has 7 nitrogen and oxygen atoms in total. The molecule has 0 atom stereocenters. The second-order valence-corrected chi connectivity index (χ2v) is 8.24. The lowest BCUT2D eigenvalue weighted by molar-refractivity contribution is 0.102. The average Bonchev–Trinajstić information content (AvgIpc) is 2.60. The first-order chi connectivity index (χ1) is 13.7. The van der Waals surface area contributed by atoms with Crippen LogP contribution >= 0.6 is 11.6 Å². The molecule has 1 aromatic heterocycles. The molecule has 0 fully saturated rings. The highest BCUT2D eigenvalue weighted by molar-refractivity contribution is 7.92. The number of hydrogen-bond acceptors (Lipinski definition) is 5. The molecule has 10 heteroatoms. The number of anilines is 2. The molecule has 0 bridgehead atoms. The first-order valence-corrected chi connectivity index (χ1v) is 10.2. The van der Waals surface area contributed by atoms with E-state index in [0.717, 1.165) is 6.07 Å². The number of benzene rings is 2. The zero-order chi connectivity index (χ0) is 21.2. The monoisotopic (exact) mass is 434 g/mol. The van der Waals surface area contributed by atoms with Crippen LogP contribution in [0, 0.1) is 19.7 Å². The van der Waals surface area contributed by atoms with Crippen LogP contribution in [-0.4, -0.2) is 24.3 Å². The molecule has 0 aliphatic rings. The van der Waals surface area contributed by atoms with E-state index in [0.29, 0.717) is 11.4 Å². The van der Waals surface area contributed by atoms with Crippen molar-refractivity contribution in [3.63, 3.8) is 0 Å². The number of halogens is 2. The number of carbonyl (C=O) groups is 1. The molecule has 29 heavy (non-hydrogen) atoms. The van der Waals surface area contributed by atoms with Gasteiger partial charge in [-0.05, 0) is 56.3 Å². The maximum atomic E-state index is 13.8. The zero-order valence-electron chi connectivity index (χ0n) is 15.4. The van der Waals surface area contributed by atoms with Crippen LogP contribution in [0.15, 0.2) is 53.4 Å². The van der Waals surface area contributed by atoms with Crippen LogP contribution in [0.2, 0.25) is 5.02 Å². The van der Waals surface area contributed by atoms with Crippen molar-refractivity contribution in [2.75, 3.05) is 10.0 Å². The van der Waals surface area contributed by atoms with Crippen molar-refractivity contribution in [2.24, 2.45) is 0 Å². The zero-order valence-corrected chi connectivity index (χ0v) is 17.0. The summed E-state index contributed by atoms with van der Waals surface area (Å²) in [4.78, 5) is 20.3. The van der Waals surface area contributed by atoms with Crippen molar-refractivity contribution >= 4 is 39.2 Å². The van der Waals surface area contributed by atoms with Gasteiger partial charge in [-0.1, -0.05) is 17.7 Å². The molecule has 0 aliphatic carbocycles. The smallest absolute Gasteiger partial charge is 0.264 e. The molecule has 0 spiro atoms. The maximum absolute atomic E-state index is 13.8. The Balaban J connectivity index is 1.78. The second-order valence-electron chi connectivity index (χ2n) is 6.15. The number of sulfonamides is 1. The van der Waals surface area contributed by atoms with E-state index in [1.54, 1.807) is 19.9 Å². The number of aromatic nitrogens is 2. The third kappa shape index (κ3) is 4.87. The van der Waals surface area contributed by atoms with E-state index in [1.807, 2.05) is 0 Å². The summed E-state index contributed by atoms with van der Waals surface area (Å²) in [5, 5.41) is 2.45. The third-order valence-electron chi connectivity index (χ3n) is 3.82. The first kappa shape index (κ1) is 20.7. The predicted molar refractivity (Wildman–Crippen MR) is 108 cm³/mol.